The second-order valence-electron chi connectivity index (χ2n) is 7.25. The van der Waals surface area contributed by atoms with Crippen LogP contribution in [0, 0.1) is 0 Å². The maximum atomic E-state index is 5.20. The third-order valence-electron chi connectivity index (χ3n) is 5.35. The van der Waals surface area contributed by atoms with Crippen LogP contribution < -0.4 is 5.32 Å². The lowest BCUT2D eigenvalue weighted by Gasteiger charge is -2.32. The number of methoxy groups -OCH3 is 1. The van der Waals surface area contributed by atoms with Crippen molar-refractivity contribution < 1.29 is 4.74 Å². The smallest absolute Gasteiger partial charge is 0.107 e. The number of nitrogens with zero attached hydrogens (tertiary/aromatic N) is 3. The molecule has 0 aliphatic carbocycles. The number of nitrogens with one attached hydrogen (secondary N) is 1. The van der Waals surface area contributed by atoms with E-state index in [1.165, 1.54) is 23.3 Å². The predicted molar refractivity (Wildman–Crippen MR) is 115 cm³/mol. The van der Waals surface area contributed by atoms with Crippen molar-refractivity contribution in [1.29, 1.82) is 0 Å². The Morgan fingerprint density at radius 2 is 1.96 bits per heavy atom. The summed E-state index contributed by atoms with van der Waals surface area (Å²) in [6.07, 6.45) is 4.54. The van der Waals surface area contributed by atoms with E-state index in [9.17, 15) is 0 Å². The lowest BCUT2D eigenvalue weighted by Crippen LogP contribution is -2.43. The maximum Gasteiger partial charge on any atom is 0.107 e. The Labute approximate surface area is 170 Å². The fraction of sp³-hybridized carbons (Fsp3) is 0.409. The SMILES string of the molecule is COCCN1CCC(NCc2cn(-c3ccccc3)nc2-c2cccs2)CC1. The number of likely N-dealkylation sites (tertiary alicyclic amines) is 1. The van der Waals surface area contributed by atoms with Gasteiger partial charge in [-0.3, -0.25) is 0 Å². The van der Waals surface area contributed by atoms with Crippen molar-refractivity contribution in [3.8, 4) is 16.3 Å². The summed E-state index contributed by atoms with van der Waals surface area (Å²) in [5, 5.41) is 10.8. The Morgan fingerprint density at radius 1 is 1.14 bits per heavy atom. The molecule has 4 rings (SSSR count). The zero-order chi connectivity index (χ0) is 19.2. The first kappa shape index (κ1) is 19.3. The third-order valence-corrected chi connectivity index (χ3v) is 6.22. The van der Waals surface area contributed by atoms with E-state index in [1.807, 2.05) is 10.7 Å². The molecule has 1 aromatic carbocycles. The number of ether oxygens (including phenoxy) is 1. The van der Waals surface area contributed by atoms with Crippen molar-refractivity contribution in [2.24, 2.45) is 0 Å². The Hall–Kier alpha value is -1.99. The van der Waals surface area contributed by atoms with E-state index in [4.69, 9.17) is 9.84 Å². The number of thiophene rings is 1. The van der Waals surface area contributed by atoms with Crippen LogP contribution in [0.5, 0.6) is 0 Å². The van der Waals surface area contributed by atoms with Crippen LogP contribution in [0.2, 0.25) is 0 Å². The first-order valence-corrected chi connectivity index (χ1v) is 10.8. The average molecular weight is 397 g/mol. The van der Waals surface area contributed by atoms with E-state index >= 15 is 0 Å². The summed E-state index contributed by atoms with van der Waals surface area (Å²) < 4.78 is 7.20. The van der Waals surface area contributed by atoms with Crippen molar-refractivity contribution in [1.82, 2.24) is 20.0 Å². The number of hydrogen-bond donors (Lipinski definition) is 1. The standard InChI is InChI=1S/C22H28N4OS/c1-27-14-13-25-11-9-19(10-12-25)23-16-18-17-26(20-6-3-2-4-7-20)24-22(18)21-8-5-15-28-21/h2-8,15,17,19,23H,9-14,16H2,1H3. The average Bonchev–Trinajstić information content (AvgIpc) is 3.42. The van der Waals surface area contributed by atoms with E-state index in [1.54, 1.807) is 18.4 Å². The van der Waals surface area contributed by atoms with Crippen molar-refractivity contribution in [3.63, 3.8) is 0 Å². The molecular weight excluding hydrogens is 368 g/mol. The molecule has 0 radical (unpaired) electrons. The first-order chi connectivity index (χ1) is 13.8. The highest BCUT2D eigenvalue weighted by Crippen LogP contribution is 2.28. The molecule has 0 bridgehead atoms. The molecule has 1 aliphatic heterocycles. The topological polar surface area (TPSA) is 42.3 Å². The molecular formula is C22H28N4OS. The predicted octanol–water partition coefficient (Wildman–Crippen LogP) is 3.80. The molecule has 2 aromatic heterocycles. The van der Waals surface area contributed by atoms with Crippen molar-refractivity contribution in [2.45, 2.75) is 25.4 Å². The van der Waals surface area contributed by atoms with Gasteiger partial charge in [-0.05, 0) is 49.5 Å². The minimum Gasteiger partial charge on any atom is -0.383 e. The van der Waals surface area contributed by atoms with Gasteiger partial charge in [0.2, 0.25) is 0 Å². The molecule has 1 fully saturated rings. The molecule has 0 spiro atoms. The summed E-state index contributed by atoms with van der Waals surface area (Å²) in [5.74, 6) is 0. The Morgan fingerprint density at radius 3 is 2.68 bits per heavy atom. The number of aromatic nitrogens is 2. The van der Waals surface area contributed by atoms with Gasteiger partial charge >= 0.3 is 0 Å². The van der Waals surface area contributed by atoms with Gasteiger partial charge in [0.15, 0.2) is 0 Å². The molecule has 1 aliphatic rings. The summed E-state index contributed by atoms with van der Waals surface area (Å²) in [7, 11) is 1.77. The highest BCUT2D eigenvalue weighted by atomic mass is 32.1. The second kappa shape index (κ2) is 9.47. The highest BCUT2D eigenvalue weighted by molar-refractivity contribution is 7.13. The number of benzene rings is 1. The molecule has 6 heteroatoms. The van der Waals surface area contributed by atoms with Gasteiger partial charge in [0.25, 0.3) is 0 Å². The van der Waals surface area contributed by atoms with Crippen molar-refractivity contribution in [2.75, 3.05) is 33.4 Å². The summed E-state index contributed by atoms with van der Waals surface area (Å²) in [5.41, 5.74) is 3.44. The maximum absolute atomic E-state index is 5.20. The van der Waals surface area contributed by atoms with Gasteiger partial charge in [-0.15, -0.1) is 11.3 Å². The molecule has 0 saturated carbocycles. The minimum atomic E-state index is 0.565. The zero-order valence-electron chi connectivity index (χ0n) is 16.4. The summed E-state index contributed by atoms with van der Waals surface area (Å²) in [4.78, 5) is 3.72. The van der Waals surface area contributed by atoms with Gasteiger partial charge in [-0.25, -0.2) is 4.68 Å². The Bertz CT molecular complexity index is 839. The normalized spacial score (nSPS) is 15.9. The number of piperidine rings is 1. The van der Waals surface area contributed by atoms with Crippen LogP contribution in [0.1, 0.15) is 18.4 Å². The zero-order valence-corrected chi connectivity index (χ0v) is 17.2. The summed E-state index contributed by atoms with van der Waals surface area (Å²) in [6.45, 7) is 4.99. The van der Waals surface area contributed by atoms with Gasteiger partial charge in [-0.1, -0.05) is 24.3 Å². The second-order valence-corrected chi connectivity index (χ2v) is 8.20. The van der Waals surface area contributed by atoms with Crippen LogP contribution in [-0.2, 0) is 11.3 Å². The quantitative estimate of drug-likeness (QED) is 0.629. The molecule has 148 valence electrons. The number of hydrogen-bond acceptors (Lipinski definition) is 5. The highest BCUT2D eigenvalue weighted by Gasteiger charge is 2.20. The van der Waals surface area contributed by atoms with Crippen LogP contribution in [-0.4, -0.2) is 54.1 Å². The van der Waals surface area contributed by atoms with E-state index in [2.05, 4.69) is 58.2 Å². The van der Waals surface area contributed by atoms with Crippen LogP contribution in [0.15, 0.2) is 54.0 Å². The van der Waals surface area contributed by atoms with E-state index in [0.717, 1.165) is 44.2 Å². The van der Waals surface area contributed by atoms with Crippen LogP contribution in [0.25, 0.3) is 16.3 Å². The molecule has 0 atom stereocenters. The van der Waals surface area contributed by atoms with Crippen molar-refractivity contribution in [3.05, 3.63) is 59.6 Å². The fourth-order valence-electron chi connectivity index (χ4n) is 3.71. The summed E-state index contributed by atoms with van der Waals surface area (Å²) >= 11 is 1.75. The van der Waals surface area contributed by atoms with E-state index in [-0.39, 0.29) is 0 Å². The van der Waals surface area contributed by atoms with E-state index < -0.39 is 0 Å². The molecule has 0 amide bonds. The third kappa shape index (κ3) is 4.70. The fourth-order valence-corrected chi connectivity index (χ4v) is 4.45. The summed E-state index contributed by atoms with van der Waals surface area (Å²) in [6, 6.07) is 15.1. The van der Waals surface area contributed by atoms with Gasteiger partial charge in [0.1, 0.15) is 5.69 Å². The molecule has 28 heavy (non-hydrogen) atoms. The largest absolute Gasteiger partial charge is 0.383 e. The lowest BCUT2D eigenvalue weighted by atomic mass is 10.0. The minimum absolute atomic E-state index is 0.565. The van der Waals surface area contributed by atoms with Gasteiger partial charge in [0, 0.05) is 38.0 Å². The van der Waals surface area contributed by atoms with Gasteiger partial charge in [-0.2, -0.15) is 5.10 Å². The Balaban J connectivity index is 1.43. The van der Waals surface area contributed by atoms with Gasteiger partial charge < -0.3 is 15.0 Å². The van der Waals surface area contributed by atoms with Crippen LogP contribution in [0.4, 0.5) is 0 Å². The number of rotatable bonds is 8. The molecule has 1 N–H and O–H groups in total. The van der Waals surface area contributed by atoms with Crippen LogP contribution in [0.3, 0.4) is 0 Å². The van der Waals surface area contributed by atoms with Crippen LogP contribution >= 0.6 is 11.3 Å². The molecule has 3 aromatic rings. The molecule has 5 nitrogen and oxygen atoms in total. The molecule has 1 saturated heterocycles. The van der Waals surface area contributed by atoms with Crippen molar-refractivity contribution >= 4 is 11.3 Å². The Kier molecular flexibility index (Phi) is 6.54. The van der Waals surface area contributed by atoms with E-state index in [0.29, 0.717) is 6.04 Å². The lowest BCUT2D eigenvalue weighted by molar-refractivity contribution is 0.126. The first-order valence-electron chi connectivity index (χ1n) is 9.96. The number of para-hydroxylation sites is 1. The monoisotopic (exact) mass is 396 g/mol. The van der Waals surface area contributed by atoms with Gasteiger partial charge in [0.05, 0.1) is 17.2 Å². The molecule has 3 heterocycles. The molecule has 0 unspecified atom stereocenters.